The van der Waals surface area contributed by atoms with Crippen molar-refractivity contribution in [3.63, 3.8) is 0 Å². The third-order valence-electron chi connectivity index (χ3n) is 1.49. The number of aromatic hydroxyl groups is 1. The highest BCUT2D eigenvalue weighted by Crippen LogP contribution is 2.24. The molecule has 0 unspecified atom stereocenters. The standard InChI is InChI=1S/C8H6BF4O/c10-8(9(11,12)13)5-6-2-1-3-7(14)4-6/h1-5,14H/q-1/b8-5-. The van der Waals surface area contributed by atoms with Gasteiger partial charge in [0, 0.05) is 5.73 Å². The van der Waals surface area contributed by atoms with Crippen LogP contribution in [0.2, 0.25) is 0 Å². The molecule has 0 saturated carbocycles. The minimum Gasteiger partial charge on any atom is -0.508 e. The van der Waals surface area contributed by atoms with Gasteiger partial charge in [-0.15, -0.1) is 0 Å². The number of hydrogen-bond acceptors (Lipinski definition) is 1. The molecule has 0 saturated heterocycles. The Morgan fingerprint density at radius 3 is 2.43 bits per heavy atom. The molecule has 0 atom stereocenters. The minimum atomic E-state index is -5.60. The van der Waals surface area contributed by atoms with Crippen molar-refractivity contribution in [1.82, 2.24) is 0 Å². The van der Waals surface area contributed by atoms with Crippen LogP contribution in [0.5, 0.6) is 5.75 Å². The first-order chi connectivity index (χ1) is 6.39. The molecule has 0 bridgehead atoms. The molecule has 6 heteroatoms. The topological polar surface area (TPSA) is 20.2 Å². The van der Waals surface area contributed by atoms with E-state index >= 15 is 0 Å². The van der Waals surface area contributed by atoms with Crippen molar-refractivity contribution >= 4 is 13.1 Å². The molecular weight excluding hydrogens is 199 g/mol. The van der Waals surface area contributed by atoms with Crippen LogP contribution in [0.3, 0.4) is 0 Å². The van der Waals surface area contributed by atoms with Gasteiger partial charge in [-0.25, -0.2) is 4.39 Å². The molecule has 0 aliphatic heterocycles. The van der Waals surface area contributed by atoms with Crippen LogP contribution in [0, 0.1) is 0 Å². The van der Waals surface area contributed by atoms with Crippen molar-refractivity contribution in [2.45, 2.75) is 0 Å². The second kappa shape index (κ2) is 3.73. The predicted molar refractivity (Wildman–Crippen MR) is 46.3 cm³/mol. The van der Waals surface area contributed by atoms with Gasteiger partial charge in [0.25, 0.3) is 0 Å². The molecule has 0 heterocycles. The number of benzene rings is 1. The molecule has 1 N–H and O–H groups in total. The van der Waals surface area contributed by atoms with Crippen molar-refractivity contribution in [3.05, 3.63) is 35.6 Å². The molecule has 0 radical (unpaired) electrons. The number of phenolic OH excluding ortho intramolecular Hbond substituents is 1. The Bertz CT molecular complexity index is 359. The van der Waals surface area contributed by atoms with E-state index in [2.05, 4.69) is 0 Å². The average Bonchev–Trinajstić information content (AvgIpc) is 2.02. The SMILES string of the molecule is Oc1cccc(/C=C(\F)[B-](F)(F)F)c1. The molecule has 0 amide bonds. The van der Waals surface area contributed by atoms with Gasteiger partial charge >= 0.3 is 6.98 Å². The van der Waals surface area contributed by atoms with Crippen molar-refractivity contribution in [2.75, 3.05) is 0 Å². The van der Waals surface area contributed by atoms with Gasteiger partial charge in [0.1, 0.15) is 5.75 Å². The van der Waals surface area contributed by atoms with Crippen LogP contribution < -0.4 is 0 Å². The van der Waals surface area contributed by atoms with Gasteiger partial charge in [0.2, 0.25) is 0 Å². The normalized spacial score (nSPS) is 13.0. The van der Waals surface area contributed by atoms with Crippen LogP contribution >= 0.6 is 0 Å². The van der Waals surface area contributed by atoms with Gasteiger partial charge < -0.3 is 18.1 Å². The quantitative estimate of drug-likeness (QED) is 0.580. The maximum atomic E-state index is 12.4. The highest BCUT2D eigenvalue weighted by molar-refractivity contribution is 6.66. The molecule has 1 nitrogen and oxygen atoms in total. The van der Waals surface area contributed by atoms with Gasteiger partial charge in [-0.3, -0.25) is 0 Å². The van der Waals surface area contributed by atoms with Gasteiger partial charge in [-0.2, -0.15) is 0 Å². The number of phenols is 1. The third kappa shape index (κ3) is 2.79. The van der Waals surface area contributed by atoms with E-state index in [1.165, 1.54) is 18.2 Å². The predicted octanol–water partition coefficient (Wildman–Crippen LogP) is 3.09. The van der Waals surface area contributed by atoms with Crippen LogP contribution in [-0.2, 0) is 0 Å². The maximum absolute atomic E-state index is 12.4. The fraction of sp³-hybridized carbons (Fsp3) is 0. The first-order valence-corrected chi connectivity index (χ1v) is 3.75. The summed E-state index contributed by atoms with van der Waals surface area (Å²) in [5.41, 5.74) is -2.16. The monoisotopic (exact) mass is 205 g/mol. The van der Waals surface area contributed by atoms with Crippen LogP contribution in [0.25, 0.3) is 6.08 Å². The van der Waals surface area contributed by atoms with E-state index in [1.807, 2.05) is 0 Å². The van der Waals surface area contributed by atoms with Crippen LogP contribution in [0.4, 0.5) is 17.3 Å². The van der Waals surface area contributed by atoms with Gasteiger partial charge in [0.05, 0.1) is 0 Å². The van der Waals surface area contributed by atoms with Gasteiger partial charge in [0.15, 0.2) is 0 Å². The molecular formula is C8H6BF4O-. The highest BCUT2D eigenvalue weighted by Gasteiger charge is 2.29. The van der Waals surface area contributed by atoms with Crippen LogP contribution in [-0.4, -0.2) is 12.1 Å². The van der Waals surface area contributed by atoms with Crippen molar-refractivity contribution < 1.29 is 22.4 Å². The Labute approximate surface area is 77.7 Å². The molecule has 1 aromatic carbocycles. The maximum Gasteiger partial charge on any atom is 0.537 e. The van der Waals surface area contributed by atoms with E-state index < -0.39 is 12.7 Å². The molecule has 0 aliphatic carbocycles. The summed E-state index contributed by atoms with van der Waals surface area (Å²) in [7, 11) is 0. The third-order valence-corrected chi connectivity index (χ3v) is 1.49. The van der Waals surface area contributed by atoms with E-state index in [9.17, 15) is 17.3 Å². The first-order valence-electron chi connectivity index (χ1n) is 3.75. The lowest BCUT2D eigenvalue weighted by Crippen LogP contribution is -2.15. The largest absolute Gasteiger partial charge is 0.537 e. The summed E-state index contributed by atoms with van der Waals surface area (Å²) >= 11 is 0. The van der Waals surface area contributed by atoms with E-state index in [0.717, 1.165) is 6.07 Å². The Morgan fingerprint density at radius 1 is 1.29 bits per heavy atom. The summed E-state index contributed by atoms with van der Waals surface area (Å²) in [6.07, 6.45) is 0.347. The molecule has 0 spiro atoms. The molecule has 0 aromatic heterocycles. The Hall–Kier alpha value is -1.46. The second-order valence-electron chi connectivity index (χ2n) is 2.70. The number of rotatable bonds is 2. The molecule has 1 rings (SSSR count). The van der Waals surface area contributed by atoms with Crippen LogP contribution in [0.1, 0.15) is 5.56 Å². The zero-order chi connectivity index (χ0) is 10.8. The average molecular weight is 205 g/mol. The number of hydrogen-bond donors (Lipinski definition) is 1. The molecule has 0 aliphatic rings. The Kier molecular flexibility index (Phi) is 2.83. The van der Waals surface area contributed by atoms with Crippen molar-refractivity contribution in [1.29, 1.82) is 0 Å². The fourth-order valence-electron chi connectivity index (χ4n) is 0.868. The van der Waals surface area contributed by atoms with Crippen molar-refractivity contribution in [3.8, 4) is 5.75 Å². The summed E-state index contributed by atoms with van der Waals surface area (Å²) < 4.78 is 47.8. The fourth-order valence-corrected chi connectivity index (χ4v) is 0.868. The molecule has 0 fully saturated rings. The van der Waals surface area contributed by atoms with Crippen molar-refractivity contribution in [2.24, 2.45) is 0 Å². The van der Waals surface area contributed by atoms with Gasteiger partial charge in [-0.1, -0.05) is 18.2 Å². The minimum absolute atomic E-state index is 0.0262. The van der Waals surface area contributed by atoms with Gasteiger partial charge in [-0.05, 0) is 17.7 Å². The van der Waals surface area contributed by atoms with E-state index in [-0.39, 0.29) is 11.3 Å². The number of halogens is 4. The summed E-state index contributed by atoms with van der Waals surface area (Å²) in [5, 5.41) is 8.90. The second-order valence-corrected chi connectivity index (χ2v) is 2.70. The lowest BCUT2D eigenvalue weighted by molar-refractivity contribution is 0.454. The smallest absolute Gasteiger partial charge is 0.508 e. The summed E-state index contributed by atoms with van der Waals surface area (Å²) in [6, 6.07) is 4.92. The first kappa shape index (κ1) is 10.6. The van der Waals surface area contributed by atoms with E-state index in [0.29, 0.717) is 6.08 Å². The van der Waals surface area contributed by atoms with E-state index in [4.69, 9.17) is 5.11 Å². The zero-order valence-corrected chi connectivity index (χ0v) is 6.92. The molecule has 76 valence electrons. The summed E-state index contributed by atoms with van der Waals surface area (Å²) in [5.74, 6) is -0.207. The van der Waals surface area contributed by atoms with E-state index in [1.54, 1.807) is 0 Å². The zero-order valence-electron chi connectivity index (χ0n) is 6.92. The Balaban J connectivity index is 2.98. The summed E-state index contributed by atoms with van der Waals surface area (Å²) in [6.45, 7) is -5.60. The lowest BCUT2D eigenvalue weighted by atomic mass is 9.88. The summed E-state index contributed by atoms with van der Waals surface area (Å²) in [4.78, 5) is 0. The molecule has 1 aromatic rings. The highest BCUT2D eigenvalue weighted by atomic mass is 19.4. The Morgan fingerprint density at radius 2 is 1.93 bits per heavy atom. The lowest BCUT2D eigenvalue weighted by Gasteiger charge is -2.10. The molecule has 14 heavy (non-hydrogen) atoms. The van der Waals surface area contributed by atoms with Crippen LogP contribution in [0.15, 0.2) is 30.0 Å².